The number of rotatable bonds is 3. The van der Waals surface area contributed by atoms with Crippen molar-refractivity contribution in [2.75, 3.05) is 18.1 Å². The number of nitrogens with two attached hydrogens (primary N) is 1. The molecule has 0 aliphatic carbocycles. The molecule has 0 saturated carbocycles. The van der Waals surface area contributed by atoms with Crippen LogP contribution in [0.3, 0.4) is 0 Å². The van der Waals surface area contributed by atoms with Crippen molar-refractivity contribution in [3.05, 3.63) is 66.5 Å². The van der Waals surface area contributed by atoms with Crippen LogP contribution in [0.1, 0.15) is 5.56 Å². The van der Waals surface area contributed by atoms with Gasteiger partial charge in [-0.2, -0.15) is 0 Å². The third-order valence-corrected chi connectivity index (χ3v) is 4.48. The van der Waals surface area contributed by atoms with Gasteiger partial charge in [0.25, 0.3) is 0 Å². The van der Waals surface area contributed by atoms with Gasteiger partial charge < -0.3 is 11.1 Å². The molecule has 128 valence electrons. The molecule has 0 atom stereocenters. The molecule has 3 N–H and O–H groups in total. The van der Waals surface area contributed by atoms with Gasteiger partial charge in [0.15, 0.2) is 5.82 Å². The first-order valence-electron chi connectivity index (χ1n) is 8.43. The molecule has 4 aromatic rings. The topological polar surface area (TPSA) is 76.7 Å². The van der Waals surface area contributed by atoms with E-state index in [1.165, 1.54) is 0 Å². The lowest BCUT2D eigenvalue weighted by atomic mass is 9.97. The molecule has 0 saturated heterocycles. The van der Waals surface area contributed by atoms with Crippen molar-refractivity contribution in [2.24, 2.45) is 0 Å². The fourth-order valence-electron chi connectivity index (χ4n) is 3.17. The van der Waals surface area contributed by atoms with E-state index >= 15 is 0 Å². The lowest BCUT2D eigenvalue weighted by Crippen LogP contribution is -2.01. The van der Waals surface area contributed by atoms with Gasteiger partial charge in [-0.25, -0.2) is 9.97 Å². The number of nitrogens with one attached hydrogen (secondary N) is 1. The van der Waals surface area contributed by atoms with Crippen molar-refractivity contribution >= 4 is 22.4 Å². The third-order valence-electron chi connectivity index (χ3n) is 4.48. The fraction of sp³-hybridized carbons (Fsp3) is 0.0952. The summed E-state index contributed by atoms with van der Waals surface area (Å²) in [6.07, 6.45) is 3.52. The number of nitrogen functional groups attached to an aromatic ring is 1. The van der Waals surface area contributed by atoms with Gasteiger partial charge in [-0.15, -0.1) is 0 Å². The van der Waals surface area contributed by atoms with E-state index in [-0.39, 0.29) is 0 Å². The first-order valence-corrected chi connectivity index (χ1v) is 8.43. The molecule has 0 spiro atoms. The summed E-state index contributed by atoms with van der Waals surface area (Å²) < 4.78 is 0. The standard InChI is InChI=1S/C21H19N5/c1-13-17(14-5-3-7-16(22)11-14)8-9-18-19(13)25-20(26-21(18)23-2)15-6-4-10-24-12-15/h3-12H,22H2,1-2H3,(H,23,25,26). The number of nitrogens with zero attached hydrogens (tertiary/aromatic N) is 3. The molecule has 26 heavy (non-hydrogen) atoms. The van der Waals surface area contributed by atoms with Gasteiger partial charge in [0, 0.05) is 36.1 Å². The number of benzene rings is 2. The Labute approximate surface area is 152 Å². The number of pyridine rings is 1. The highest BCUT2D eigenvalue weighted by molar-refractivity contribution is 5.96. The van der Waals surface area contributed by atoms with E-state index in [2.05, 4.69) is 40.4 Å². The molecule has 0 amide bonds. The van der Waals surface area contributed by atoms with E-state index in [9.17, 15) is 0 Å². The van der Waals surface area contributed by atoms with Crippen LogP contribution < -0.4 is 11.1 Å². The van der Waals surface area contributed by atoms with E-state index in [1.54, 1.807) is 12.4 Å². The smallest absolute Gasteiger partial charge is 0.163 e. The summed E-state index contributed by atoms with van der Waals surface area (Å²) in [4.78, 5) is 13.7. The minimum Gasteiger partial charge on any atom is -0.399 e. The highest BCUT2D eigenvalue weighted by Gasteiger charge is 2.13. The van der Waals surface area contributed by atoms with Crippen molar-refractivity contribution in [2.45, 2.75) is 6.92 Å². The second-order valence-electron chi connectivity index (χ2n) is 6.15. The Bertz CT molecular complexity index is 1090. The second-order valence-corrected chi connectivity index (χ2v) is 6.15. The van der Waals surface area contributed by atoms with E-state index in [4.69, 9.17) is 10.7 Å². The largest absolute Gasteiger partial charge is 0.399 e. The summed E-state index contributed by atoms with van der Waals surface area (Å²) >= 11 is 0. The van der Waals surface area contributed by atoms with Crippen LogP contribution in [-0.4, -0.2) is 22.0 Å². The molecular formula is C21H19N5. The summed E-state index contributed by atoms with van der Waals surface area (Å²) in [6, 6.07) is 15.9. The molecule has 2 aromatic carbocycles. The SMILES string of the molecule is CNc1nc(-c2cccnc2)nc2c(C)c(-c3cccc(N)c3)ccc12. The number of aromatic nitrogens is 3. The minimum atomic E-state index is 0.655. The highest BCUT2D eigenvalue weighted by Crippen LogP contribution is 2.33. The van der Waals surface area contributed by atoms with Crippen LogP contribution in [0.25, 0.3) is 33.4 Å². The van der Waals surface area contributed by atoms with Gasteiger partial charge in [-0.1, -0.05) is 18.2 Å². The first-order chi connectivity index (χ1) is 12.7. The van der Waals surface area contributed by atoms with Gasteiger partial charge in [-0.3, -0.25) is 4.98 Å². The molecule has 2 heterocycles. The predicted molar refractivity (Wildman–Crippen MR) is 107 cm³/mol. The van der Waals surface area contributed by atoms with Crippen LogP contribution in [-0.2, 0) is 0 Å². The Kier molecular flexibility index (Phi) is 3.97. The van der Waals surface area contributed by atoms with Crippen molar-refractivity contribution in [1.82, 2.24) is 15.0 Å². The summed E-state index contributed by atoms with van der Waals surface area (Å²) in [6.45, 7) is 2.08. The molecule has 0 aliphatic heterocycles. The van der Waals surface area contributed by atoms with Crippen molar-refractivity contribution < 1.29 is 0 Å². The molecule has 4 rings (SSSR count). The number of fused-ring (bicyclic) bond motifs is 1. The maximum atomic E-state index is 5.96. The van der Waals surface area contributed by atoms with Crippen LogP contribution in [0, 0.1) is 6.92 Å². The zero-order chi connectivity index (χ0) is 18.1. The molecule has 0 fully saturated rings. The number of hydrogen-bond acceptors (Lipinski definition) is 5. The molecule has 2 aromatic heterocycles. The number of anilines is 2. The molecule has 0 aliphatic rings. The zero-order valence-electron chi connectivity index (χ0n) is 14.7. The fourth-order valence-corrected chi connectivity index (χ4v) is 3.17. The lowest BCUT2D eigenvalue weighted by Gasteiger charge is -2.13. The maximum absolute atomic E-state index is 5.96. The van der Waals surface area contributed by atoms with Crippen molar-refractivity contribution in [1.29, 1.82) is 0 Å². The van der Waals surface area contributed by atoms with Crippen LogP contribution >= 0.6 is 0 Å². The quantitative estimate of drug-likeness (QED) is 0.544. The Balaban J connectivity index is 1.98. The Hall–Kier alpha value is -3.47. The number of hydrogen-bond donors (Lipinski definition) is 2. The second kappa shape index (κ2) is 6.44. The first kappa shape index (κ1) is 16.0. The normalized spacial score (nSPS) is 10.8. The highest BCUT2D eigenvalue weighted by atomic mass is 15.0. The summed E-state index contributed by atoms with van der Waals surface area (Å²) in [5.74, 6) is 1.46. The van der Waals surface area contributed by atoms with E-state index < -0.39 is 0 Å². The van der Waals surface area contributed by atoms with E-state index in [1.807, 2.05) is 37.4 Å². The zero-order valence-corrected chi connectivity index (χ0v) is 14.7. The van der Waals surface area contributed by atoms with E-state index in [0.717, 1.165) is 44.7 Å². The van der Waals surface area contributed by atoms with Crippen LogP contribution in [0.4, 0.5) is 11.5 Å². The van der Waals surface area contributed by atoms with E-state index in [0.29, 0.717) is 5.82 Å². The molecule has 0 unspecified atom stereocenters. The maximum Gasteiger partial charge on any atom is 0.163 e. The predicted octanol–water partition coefficient (Wildman–Crippen LogP) is 4.29. The molecule has 0 bridgehead atoms. The van der Waals surface area contributed by atoms with Gasteiger partial charge in [0.2, 0.25) is 0 Å². The van der Waals surface area contributed by atoms with Crippen LogP contribution in [0.2, 0.25) is 0 Å². The molecule has 0 radical (unpaired) electrons. The summed E-state index contributed by atoms with van der Waals surface area (Å²) in [5.41, 5.74) is 11.8. The molecule has 5 heteroatoms. The lowest BCUT2D eigenvalue weighted by molar-refractivity contribution is 1.19. The Morgan fingerprint density at radius 2 is 1.81 bits per heavy atom. The molecule has 5 nitrogen and oxygen atoms in total. The van der Waals surface area contributed by atoms with Crippen LogP contribution in [0.5, 0.6) is 0 Å². The van der Waals surface area contributed by atoms with Gasteiger partial charge >= 0.3 is 0 Å². The van der Waals surface area contributed by atoms with Crippen molar-refractivity contribution in [3.8, 4) is 22.5 Å². The minimum absolute atomic E-state index is 0.655. The third kappa shape index (κ3) is 2.73. The Morgan fingerprint density at radius 1 is 0.962 bits per heavy atom. The average molecular weight is 341 g/mol. The molecular weight excluding hydrogens is 322 g/mol. The Morgan fingerprint density at radius 3 is 2.54 bits per heavy atom. The summed E-state index contributed by atoms with van der Waals surface area (Å²) in [7, 11) is 1.87. The van der Waals surface area contributed by atoms with Gasteiger partial charge in [0.1, 0.15) is 5.82 Å². The average Bonchev–Trinajstić information content (AvgIpc) is 2.68. The summed E-state index contributed by atoms with van der Waals surface area (Å²) in [5, 5.41) is 4.18. The monoisotopic (exact) mass is 341 g/mol. The van der Waals surface area contributed by atoms with Crippen molar-refractivity contribution in [3.63, 3.8) is 0 Å². The van der Waals surface area contributed by atoms with Crippen LogP contribution in [0.15, 0.2) is 60.9 Å². The van der Waals surface area contributed by atoms with Gasteiger partial charge in [-0.05, 0) is 53.9 Å². The van der Waals surface area contributed by atoms with Gasteiger partial charge in [0.05, 0.1) is 5.52 Å². The number of aryl methyl sites for hydroxylation is 1.